The molecule has 142 valence electrons. The average Bonchev–Trinajstić information content (AvgIpc) is 3.40. The predicted molar refractivity (Wildman–Crippen MR) is 100 cm³/mol. The lowest BCUT2D eigenvalue weighted by atomic mass is 9.95. The summed E-state index contributed by atoms with van der Waals surface area (Å²) in [4.78, 5) is 36.3. The fraction of sp³-hybridized carbons (Fsp3) is 0.750. The van der Waals surface area contributed by atoms with E-state index >= 15 is 0 Å². The van der Waals surface area contributed by atoms with Crippen LogP contribution < -0.4 is 5.69 Å². The second-order valence-electron chi connectivity index (χ2n) is 8.90. The molecule has 26 heavy (non-hydrogen) atoms. The molecule has 6 nitrogen and oxygen atoms in total. The average molecular weight is 358 g/mol. The number of amides is 1. The van der Waals surface area contributed by atoms with Crippen LogP contribution in [0.15, 0.2) is 10.9 Å². The van der Waals surface area contributed by atoms with Crippen molar-refractivity contribution in [2.75, 3.05) is 26.2 Å². The van der Waals surface area contributed by atoms with Gasteiger partial charge >= 0.3 is 5.69 Å². The molecule has 3 saturated heterocycles. The molecular formula is C20H30N4O2. The molecule has 0 aromatic carbocycles. The fourth-order valence-electron chi connectivity index (χ4n) is 4.53. The van der Waals surface area contributed by atoms with Crippen LogP contribution in [0, 0.1) is 17.8 Å². The van der Waals surface area contributed by atoms with E-state index in [-0.39, 0.29) is 5.91 Å². The summed E-state index contributed by atoms with van der Waals surface area (Å²) in [6.07, 6.45) is 5.87. The van der Waals surface area contributed by atoms with Gasteiger partial charge in [0.05, 0.1) is 0 Å². The van der Waals surface area contributed by atoms with Crippen LogP contribution in [0.4, 0.5) is 0 Å². The number of piperidine rings is 1. The van der Waals surface area contributed by atoms with Crippen molar-refractivity contribution in [1.82, 2.24) is 19.8 Å². The van der Waals surface area contributed by atoms with Gasteiger partial charge in [0.25, 0.3) is 5.91 Å². The van der Waals surface area contributed by atoms with Gasteiger partial charge in [-0.25, -0.2) is 4.79 Å². The van der Waals surface area contributed by atoms with Crippen molar-refractivity contribution in [3.63, 3.8) is 0 Å². The molecule has 3 aliphatic heterocycles. The maximum absolute atomic E-state index is 13.1. The standard InChI is InChI=1S/C20H30N4O2/c1-13(2)7-16-8-18(22-20(26)21-16)19(25)24-11-15-5-6-17(12-24)23(10-15)9-14-3-4-14/h8,13-15,17H,3-7,9-12H2,1-2H3,(H,21,22,26)/t15-,17-/m0/s1. The van der Waals surface area contributed by atoms with Crippen molar-refractivity contribution in [3.05, 3.63) is 27.9 Å². The number of nitrogens with one attached hydrogen (secondary N) is 1. The molecule has 4 heterocycles. The smallest absolute Gasteiger partial charge is 0.335 e. The van der Waals surface area contributed by atoms with E-state index in [4.69, 9.17) is 0 Å². The second kappa shape index (κ2) is 7.14. The summed E-state index contributed by atoms with van der Waals surface area (Å²) in [5, 5.41) is 0. The van der Waals surface area contributed by atoms with E-state index in [0.29, 0.717) is 23.6 Å². The zero-order valence-electron chi connectivity index (χ0n) is 15.9. The highest BCUT2D eigenvalue weighted by Crippen LogP contribution is 2.35. The third-order valence-corrected chi connectivity index (χ3v) is 5.95. The number of carbonyl (C=O) groups is 1. The zero-order valence-corrected chi connectivity index (χ0v) is 15.9. The van der Waals surface area contributed by atoms with Gasteiger partial charge < -0.3 is 9.88 Å². The van der Waals surface area contributed by atoms with Gasteiger partial charge in [0.1, 0.15) is 5.69 Å². The Morgan fingerprint density at radius 2 is 2.04 bits per heavy atom. The Kier molecular flexibility index (Phi) is 4.86. The molecule has 1 aliphatic carbocycles. The summed E-state index contributed by atoms with van der Waals surface area (Å²) < 4.78 is 0. The molecule has 0 spiro atoms. The molecule has 4 fully saturated rings. The minimum Gasteiger partial charge on any atom is -0.335 e. The molecule has 1 N–H and O–H groups in total. The minimum absolute atomic E-state index is 0.0775. The molecule has 2 bridgehead atoms. The van der Waals surface area contributed by atoms with Crippen molar-refractivity contribution in [3.8, 4) is 0 Å². The van der Waals surface area contributed by atoms with Crippen LogP contribution in [0.5, 0.6) is 0 Å². The lowest BCUT2D eigenvalue weighted by Crippen LogP contribution is -2.45. The molecule has 1 amide bonds. The largest absolute Gasteiger partial charge is 0.345 e. The molecule has 1 aromatic heterocycles. The van der Waals surface area contributed by atoms with Gasteiger partial charge in [-0.2, -0.15) is 4.98 Å². The second-order valence-corrected chi connectivity index (χ2v) is 8.90. The maximum Gasteiger partial charge on any atom is 0.345 e. The van der Waals surface area contributed by atoms with E-state index in [0.717, 1.165) is 37.7 Å². The first-order valence-electron chi connectivity index (χ1n) is 10.1. The quantitative estimate of drug-likeness (QED) is 0.873. The van der Waals surface area contributed by atoms with Crippen LogP contribution in [0.3, 0.4) is 0 Å². The van der Waals surface area contributed by atoms with Crippen LogP contribution in [0.2, 0.25) is 0 Å². The summed E-state index contributed by atoms with van der Waals surface area (Å²) in [5.74, 6) is 1.77. The van der Waals surface area contributed by atoms with E-state index in [1.54, 1.807) is 6.07 Å². The van der Waals surface area contributed by atoms with Crippen LogP contribution in [0.25, 0.3) is 0 Å². The number of H-pyrrole nitrogens is 1. The van der Waals surface area contributed by atoms with Gasteiger partial charge in [0, 0.05) is 37.9 Å². The van der Waals surface area contributed by atoms with Crippen molar-refractivity contribution in [2.24, 2.45) is 17.8 Å². The Labute approximate surface area is 155 Å². The molecule has 0 unspecified atom stereocenters. The van der Waals surface area contributed by atoms with Crippen molar-refractivity contribution in [2.45, 2.75) is 52.0 Å². The normalized spacial score (nSPS) is 26.3. The molecule has 2 atom stereocenters. The Hall–Kier alpha value is -1.69. The SMILES string of the molecule is CC(C)Cc1cc(C(=O)N2C[C@H]3CC[C@@H](C2)N(CC2CC2)C3)nc(=O)[nH]1. The monoisotopic (exact) mass is 358 g/mol. The fourth-order valence-corrected chi connectivity index (χ4v) is 4.53. The Morgan fingerprint density at radius 1 is 1.23 bits per heavy atom. The van der Waals surface area contributed by atoms with Gasteiger partial charge in [-0.1, -0.05) is 13.8 Å². The van der Waals surface area contributed by atoms with Crippen molar-refractivity contribution < 1.29 is 4.79 Å². The molecule has 0 radical (unpaired) electrons. The number of aromatic nitrogens is 2. The minimum atomic E-state index is -0.417. The van der Waals surface area contributed by atoms with E-state index in [1.165, 1.54) is 32.2 Å². The number of hydrogen-bond donors (Lipinski definition) is 1. The third kappa shape index (κ3) is 4.00. The molecule has 1 saturated carbocycles. The summed E-state index contributed by atoms with van der Waals surface area (Å²) in [6.45, 7) is 8.08. The Morgan fingerprint density at radius 3 is 2.77 bits per heavy atom. The van der Waals surface area contributed by atoms with E-state index < -0.39 is 5.69 Å². The maximum atomic E-state index is 13.1. The van der Waals surface area contributed by atoms with E-state index in [1.807, 2.05) is 4.90 Å². The number of carbonyl (C=O) groups excluding carboxylic acids is 1. The summed E-state index contributed by atoms with van der Waals surface area (Å²) in [6, 6.07) is 2.24. The van der Waals surface area contributed by atoms with Crippen LogP contribution >= 0.6 is 0 Å². The molecule has 1 aromatic rings. The highest BCUT2D eigenvalue weighted by molar-refractivity contribution is 5.92. The third-order valence-electron chi connectivity index (χ3n) is 5.95. The number of hydrogen-bond acceptors (Lipinski definition) is 4. The number of rotatable bonds is 5. The summed E-state index contributed by atoms with van der Waals surface area (Å²) in [5.41, 5.74) is 0.690. The van der Waals surface area contributed by atoms with E-state index in [9.17, 15) is 9.59 Å². The van der Waals surface area contributed by atoms with Gasteiger partial charge in [-0.3, -0.25) is 9.69 Å². The van der Waals surface area contributed by atoms with E-state index in [2.05, 4.69) is 28.7 Å². The summed E-state index contributed by atoms with van der Waals surface area (Å²) in [7, 11) is 0. The number of fused-ring (bicyclic) bond motifs is 4. The lowest BCUT2D eigenvalue weighted by molar-refractivity contribution is 0.0730. The first-order valence-corrected chi connectivity index (χ1v) is 10.1. The number of aromatic amines is 1. The number of nitrogens with zero attached hydrogens (tertiary/aromatic N) is 3. The van der Waals surface area contributed by atoms with Crippen LogP contribution in [-0.2, 0) is 6.42 Å². The highest BCUT2D eigenvalue weighted by Gasteiger charge is 2.38. The molecule has 5 rings (SSSR count). The first kappa shape index (κ1) is 17.7. The van der Waals surface area contributed by atoms with Gasteiger partial charge in [-0.15, -0.1) is 0 Å². The Balaban J connectivity index is 1.51. The van der Waals surface area contributed by atoms with Crippen LogP contribution in [-0.4, -0.2) is 57.9 Å². The Bertz CT molecular complexity index is 725. The van der Waals surface area contributed by atoms with Crippen LogP contribution in [0.1, 0.15) is 55.7 Å². The van der Waals surface area contributed by atoms with Gasteiger partial charge in [-0.05, 0) is 55.9 Å². The highest BCUT2D eigenvalue weighted by atomic mass is 16.2. The molecule has 6 heteroatoms. The van der Waals surface area contributed by atoms with Gasteiger partial charge in [0.2, 0.25) is 0 Å². The predicted octanol–water partition coefficient (Wildman–Crippen LogP) is 1.91. The first-order chi connectivity index (χ1) is 12.5. The van der Waals surface area contributed by atoms with Gasteiger partial charge in [0.15, 0.2) is 0 Å². The molecule has 4 aliphatic rings. The van der Waals surface area contributed by atoms with Crippen molar-refractivity contribution in [1.29, 1.82) is 0 Å². The lowest BCUT2D eigenvalue weighted by Gasteiger charge is -2.36. The van der Waals surface area contributed by atoms with Crippen molar-refractivity contribution >= 4 is 5.91 Å². The molecular weight excluding hydrogens is 328 g/mol. The summed E-state index contributed by atoms with van der Waals surface area (Å²) >= 11 is 0. The topological polar surface area (TPSA) is 69.3 Å². The zero-order chi connectivity index (χ0) is 18.3.